The number of hydrogen-bond acceptors (Lipinski definition) is 4. The van der Waals surface area contributed by atoms with Gasteiger partial charge in [0.25, 0.3) is 0 Å². The Balaban J connectivity index is 1.73. The van der Waals surface area contributed by atoms with E-state index in [9.17, 15) is 0 Å². The first-order valence-electron chi connectivity index (χ1n) is 6.25. The zero-order chi connectivity index (χ0) is 12.5. The zero-order valence-electron chi connectivity index (χ0n) is 10.8. The monoisotopic (exact) mass is 243 g/mol. The Morgan fingerprint density at radius 1 is 1.28 bits per heavy atom. The molecule has 0 aliphatic carbocycles. The van der Waals surface area contributed by atoms with Crippen LogP contribution in [0, 0.1) is 13.8 Å². The van der Waals surface area contributed by atoms with Gasteiger partial charge in [0.1, 0.15) is 11.6 Å². The Morgan fingerprint density at radius 3 is 2.94 bits per heavy atom. The highest BCUT2D eigenvalue weighted by Crippen LogP contribution is 2.17. The van der Waals surface area contributed by atoms with Crippen molar-refractivity contribution in [2.24, 2.45) is 0 Å². The van der Waals surface area contributed by atoms with Crippen LogP contribution in [-0.2, 0) is 19.5 Å². The van der Waals surface area contributed by atoms with Crippen LogP contribution in [0.1, 0.15) is 28.6 Å². The third kappa shape index (κ3) is 2.26. The summed E-state index contributed by atoms with van der Waals surface area (Å²) < 4.78 is 0. The molecule has 0 saturated carbocycles. The number of H-pyrrole nitrogens is 1. The van der Waals surface area contributed by atoms with Crippen molar-refractivity contribution < 1.29 is 0 Å². The van der Waals surface area contributed by atoms with Gasteiger partial charge in [0.2, 0.25) is 0 Å². The van der Waals surface area contributed by atoms with Crippen LogP contribution in [0.5, 0.6) is 0 Å². The highest BCUT2D eigenvalue weighted by Gasteiger charge is 2.18. The minimum atomic E-state index is 0.862. The van der Waals surface area contributed by atoms with Gasteiger partial charge >= 0.3 is 0 Å². The molecule has 2 aromatic rings. The van der Waals surface area contributed by atoms with Crippen LogP contribution >= 0.6 is 0 Å². The summed E-state index contributed by atoms with van der Waals surface area (Å²) in [6.07, 6.45) is 4.83. The lowest BCUT2D eigenvalue weighted by atomic mass is 10.1. The molecule has 1 N–H and O–H groups in total. The molecule has 0 fully saturated rings. The van der Waals surface area contributed by atoms with Crippen LogP contribution in [0.3, 0.4) is 0 Å². The normalized spacial score (nSPS) is 15.7. The average Bonchev–Trinajstić information content (AvgIpc) is 2.75. The Labute approximate surface area is 106 Å². The number of imidazole rings is 1. The molecule has 3 rings (SSSR count). The van der Waals surface area contributed by atoms with E-state index >= 15 is 0 Å². The summed E-state index contributed by atoms with van der Waals surface area (Å²) in [6.45, 7) is 6.77. The Bertz CT molecular complexity index is 560. The summed E-state index contributed by atoms with van der Waals surface area (Å²) in [5, 5.41) is 0. The number of hydrogen-bond donors (Lipinski definition) is 1. The molecule has 94 valence electrons. The van der Waals surface area contributed by atoms with Gasteiger partial charge < -0.3 is 4.98 Å². The number of aryl methyl sites for hydroxylation is 2. The lowest BCUT2D eigenvalue weighted by Gasteiger charge is -2.27. The molecular formula is C13H17N5. The number of nitrogens with one attached hydrogen (secondary N) is 1. The third-order valence-electron chi connectivity index (χ3n) is 3.26. The van der Waals surface area contributed by atoms with Crippen molar-refractivity contribution in [1.82, 2.24) is 24.8 Å². The van der Waals surface area contributed by atoms with E-state index in [1.165, 1.54) is 11.3 Å². The van der Waals surface area contributed by atoms with Crippen molar-refractivity contribution in [3.63, 3.8) is 0 Å². The van der Waals surface area contributed by atoms with Crippen molar-refractivity contribution in [3.05, 3.63) is 41.0 Å². The predicted molar refractivity (Wildman–Crippen MR) is 67.9 cm³/mol. The summed E-state index contributed by atoms with van der Waals surface area (Å²) in [4.78, 5) is 18.8. The van der Waals surface area contributed by atoms with E-state index in [0.29, 0.717) is 0 Å². The fourth-order valence-electron chi connectivity index (χ4n) is 2.37. The van der Waals surface area contributed by atoms with Crippen molar-refractivity contribution in [2.75, 3.05) is 6.54 Å². The molecule has 1 aliphatic rings. The largest absolute Gasteiger partial charge is 0.345 e. The van der Waals surface area contributed by atoms with E-state index in [4.69, 9.17) is 0 Å². The molecule has 0 amide bonds. The highest BCUT2D eigenvalue weighted by molar-refractivity contribution is 5.20. The molecule has 0 atom stereocenters. The van der Waals surface area contributed by atoms with Gasteiger partial charge in [-0.15, -0.1) is 0 Å². The molecule has 3 heterocycles. The lowest BCUT2D eigenvalue weighted by Crippen LogP contribution is -2.31. The summed E-state index contributed by atoms with van der Waals surface area (Å²) in [6, 6.07) is 0. The van der Waals surface area contributed by atoms with Gasteiger partial charge in [-0.25, -0.2) is 15.0 Å². The molecule has 0 saturated heterocycles. The van der Waals surface area contributed by atoms with Gasteiger partial charge in [0, 0.05) is 48.9 Å². The number of aromatic amines is 1. The highest BCUT2D eigenvalue weighted by atomic mass is 15.2. The zero-order valence-corrected chi connectivity index (χ0v) is 10.8. The van der Waals surface area contributed by atoms with Crippen molar-refractivity contribution in [3.8, 4) is 0 Å². The summed E-state index contributed by atoms with van der Waals surface area (Å²) >= 11 is 0. The first-order chi connectivity index (χ1) is 8.70. The summed E-state index contributed by atoms with van der Waals surface area (Å²) in [7, 11) is 0. The Kier molecular flexibility index (Phi) is 2.83. The molecule has 0 radical (unpaired) electrons. The van der Waals surface area contributed by atoms with Crippen LogP contribution < -0.4 is 0 Å². The van der Waals surface area contributed by atoms with E-state index in [-0.39, 0.29) is 0 Å². The maximum absolute atomic E-state index is 4.50. The van der Waals surface area contributed by atoms with Crippen LogP contribution in [0.15, 0.2) is 12.4 Å². The quantitative estimate of drug-likeness (QED) is 0.865. The minimum Gasteiger partial charge on any atom is -0.345 e. The third-order valence-corrected chi connectivity index (χ3v) is 3.26. The molecule has 0 unspecified atom stereocenters. The van der Waals surface area contributed by atoms with Crippen LogP contribution in [-0.4, -0.2) is 31.4 Å². The average molecular weight is 243 g/mol. The molecule has 0 spiro atoms. The van der Waals surface area contributed by atoms with E-state index in [1.807, 2.05) is 26.2 Å². The van der Waals surface area contributed by atoms with Crippen LogP contribution in [0.25, 0.3) is 0 Å². The van der Waals surface area contributed by atoms with E-state index in [1.54, 1.807) is 0 Å². The van der Waals surface area contributed by atoms with Gasteiger partial charge in [-0.05, 0) is 13.8 Å². The first kappa shape index (κ1) is 11.3. The maximum Gasteiger partial charge on any atom is 0.125 e. The predicted octanol–water partition coefficient (Wildman–Crippen LogP) is 1.37. The van der Waals surface area contributed by atoms with Crippen LogP contribution in [0.4, 0.5) is 0 Å². The molecule has 0 bridgehead atoms. The number of fused-ring (bicyclic) bond motifs is 1. The Morgan fingerprint density at radius 2 is 2.17 bits per heavy atom. The molecule has 1 aliphatic heterocycles. The molecular weight excluding hydrogens is 226 g/mol. The molecule has 2 aromatic heterocycles. The van der Waals surface area contributed by atoms with Crippen molar-refractivity contribution in [2.45, 2.75) is 33.4 Å². The van der Waals surface area contributed by atoms with Gasteiger partial charge in [0.15, 0.2) is 0 Å². The topological polar surface area (TPSA) is 57.7 Å². The first-order valence-corrected chi connectivity index (χ1v) is 6.25. The fraction of sp³-hybridized carbons (Fsp3) is 0.462. The van der Waals surface area contributed by atoms with E-state index < -0.39 is 0 Å². The van der Waals surface area contributed by atoms with Gasteiger partial charge in [-0.3, -0.25) is 4.90 Å². The van der Waals surface area contributed by atoms with Crippen molar-refractivity contribution >= 4 is 0 Å². The lowest BCUT2D eigenvalue weighted by molar-refractivity contribution is 0.237. The SMILES string of the molecule is Cc1ncc2c(n1)CCN(Cc1ncc(C)[nH]1)C2. The van der Waals surface area contributed by atoms with Gasteiger partial charge in [-0.2, -0.15) is 0 Å². The molecule has 18 heavy (non-hydrogen) atoms. The number of nitrogens with zero attached hydrogens (tertiary/aromatic N) is 4. The minimum absolute atomic E-state index is 0.862. The Hall–Kier alpha value is -1.75. The van der Waals surface area contributed by atoms with Gasteiger partial charge in [-0.1, -0.05) is 0 Å². The second kappa shape index (κ2) is 4.49. The summed E-state index contributed by atoms with van der Waals surface area (Å²) in [5.41, 5.74) is 3.56. The molecule has 0 aromatic carbocycles. The number of rotatable bonds is 2. The number of aromatic nitrogens is 4. The second-order valence-electron chi connectivity index (χ2n) is 4.86. The summed E-state index contributed by atoms with van der Waals surface area (Å²) in [5.74, 6) is 1.90. The maximum atomic E-state index is 4.50. The van der Waals surface area contributed by atoms with E-state index in [0.717, 1.165) is 43.4 Å². The fourth-order valence-corrected chi connectivity index (χ4v) is 2.37. The smallest absolute Gasteiger partial charge is 0.125 e. The van der Waals surface area contributed by atoms with Crippen LogP contribution in [0.2, 0.25) is 0 Å². The molecule has 5 nitrogen and oxygen atoms in total. The van der Waals surface area contributed by atoms with Crippen molar-refractivity contribution in [1.29, 1.82) is 0 Å². The van der Waals surface area contributed by atoms with E-state index in [2.05, 4.69) is 24.8 Å². The standard InChI is InChI=1S/C13H17N5/c1-9-5-15-13(16-9)8-18-4-3-12-11(7-18)6-14-10(2)17-12/h5-6H,3-4,7-8H2,1-2H3,(H,15,16). The molecule has 5 heteroatoms. The second-order valence-corrected chi connectivity index (χ2v) is 4.86. The van der Waals surface area contributed by atoms with Gasteiger partial charge in [0.05, 0.1) is 6.54 Å².